The van der Waals surface area contributed by atoms with Gasteiger partial charge in [-0.15, -0.1) is 0 Å². The molecule has 4 aromatic rings. The Balaban J connectivity index is 1.43. The number of rotatable bonds is 7. The Morgan fingerprint density at radius 3 is 2.03 bits per heavy atom. The van der Waals surface area contributed by atoms with Crippen LogP contribution in [-0.4, -0.2) is 17.0 Å². The molecule has 0 fully saturated rings. The van der Waals surface area contributed by atoms with Crippen LogP contribution in [0.4, 0.5) is 32.3 Å². The summed E-state index contributed by atoms with van der Waals surface area (Å²) in [5, 5.41) is 16.2. The van der Waals surface area contributed by atoms with E-state index < -0.39 is 11.0 Å². The van der Waals surface area contributed by atoms with Crippen LogP contribution in [0.5, 0.6) is 5.75 Å². The summed E-state index contributed by atoms with van der Waals surface area (Å²) < 4.78 is 5.17. The van der Waals surface area contributed by atoms with Gasteiger partial charge in [0.25, 0.3) is 5.69 Å². The first kappa shape index (κ1) is 24.0. The third-order valence-corrected chi connectivity index (χ3v) is 5.11. The number of nitrogens with one attached hydrogen (secondary N) is 2. The van der Waals surface area contributed by atoms with Crippen LogP contribution in [0, 0.1) is 10.1 Å². The molecule has 0 aliphatic heterocycles. The van der Waals surface area contributed by atoms with Gasteiger partial charge in [-0.05, 0) is 48.0 Å². The van der Waals surface area contributed by atoms with E-state index in [1.165, 1.54) is 24.3 Å². The van der Waals surface area contributed by atoms with E-state index in [0.717, 1.165) is 11.3 Å². The molecular weight excluding hydrogens is 460 g/mol. The normalized spacial score (nSPS) is 10.2. The van der Waals surface area contributed by atoms with E-state index in [4.69, 9.17) is 4.74 Å². The maximum absolute atomic E-state index is 13.2. The van der Waals surface area contributed by atoms with Gasteiger partial charge in [0, 0.05) is 29.2 Å². The van der Waals surface area contributed by atoms with Crippen LogP contribution in [0.2, 0.25) is 0 Å². The van der Waals surface area contributed by atoms with Gasteiger partial charge in [0.2, 0.25) is 0 Å². The Morgan fingerprint density at radius 2 is 1.39 bits per heavy atom. The van der Waals surface area contributed by atoms with Crippen LogP contribution in [0.15, 0.2) is 109 Å². The summed E-state index contributed by atoms with van der Waals surface area (Å²) in [5.74, 6) is 0.155. The largest absolute Gasteiger partial charge is 0.417 e. The van der Waals surface area contributed by atoms with E-state index in [0.29, 0.717) is 17.9 Å². The van der Waals surface area contributed by atoms with E-state index in [1.54, 1.807) is 29.2 Å². The van der Waals surface area contributed by atoms with Crippen LogP contribution in [0.1, 0.15) is 5.56 Å². The number of para-hydroxylation sites is 1. The zero-order valence-corrected chi connectivity index (χ0v) is 19.0. The van der Waals surface area contributed by atoms with Crippen LogP contribution < -0.4 is 20.3 Å². The monoisotopic (exact) mass is 482 g/mol. The number of urea groups is 1. The number of hydrogen-bond acceptors (Lipinski definition) is 5. The Bertz CT molecular complexity index is 1350. The Kier molecular flexibility index (Phi) is 7.52. The number of nitrogens with zero attached hydrogens (tertiary/aromatic N) is 2. The molecule has 0 bridgehead atoms. The molecule has 0 spiro atoms. The Labute approximate surface area is 207 Å². The predicted molar refractivity (Wildman–Crippen MR) is 137 cm³/mol. The van der Waals surface area contributed by atoms with E-state index in [1.807, 2.05) is 60.7 Å². The quantitative estimate of drug-likeness (QED) is 0.232. The molecule has 0 unspecified atom stereocenters. The van der Waals surface area contributed by atoms with Crippen molar-refractivity contribution < 1.29 is 19.2 Å². The van der Waals surface area contributed by atoms with Crippen LogP contribution >= 0.6 is 0 Å². The molecule has 4 rings (SSSR count). The number of carbonyl (C=O) groups is 2. The molecule has 0 atom stereocenters. The summed E-state index contributed by atoms with van der Waals surface area (Å²) in [7, 11) is 0. The van der Waals surface area contributed by atoms with Gasteiger partial charge in [0.1, 0.15) is 5.75 Å². The lowest BCUT2D eigenvalue weighted by Crippen LogP contribution is -2.34. The first-order valence-electron chi connectivity index (χ1n) is 11.0. The highest BCUT2D eigenvalue weighted by Gasteiger charge is 2.17. The molecule has 9 heteroatoms. The minimum Gasteiger partial charge on any atom is -0.410 e. The van der Waals surface area contributed by atoms with Gasteiger partial charge in [0.15, 0.2) is 0 Å². The fourth-order valence-corrected chi connectivity index (χ4v) is 3.41. The van der Waals surface area contributed by atoms with Gasteiger partial charge in [-0.3, -0.25) is 20.3 Å². The average Bonchev–Trinajstić information content (AvgIpc) is 2.89. The van der Waals surface area contributed by atoms with Gasteiger partial charge in [-0.2, -0.15) is 0 Å². The lowest BCUT2D eigenvalue weighted by atomic mass is 10.2. The van der Waals surface area contributed by atoms with E-state index in [-0.39, 0.29) is 17.5 Å². The van der Waals surface area contributed by atoms with E-state index in [9.17, 15) is 19.7 Å². The highest BCUT2D eigenvalue weighted by molar-refractivity contribution is 6.02. The third kappa shape index (κ3) is 6.45. The Morgan fingerprint density at radius 1 is 0.778 bits per heavy atom. The maximum atomic E-state index is 13.2. The highest BCUT2D eigenvalue weighted by Crippen LogP contribution is 2.22. The Hall–Kier alpha value is -5.18. The van der Waals surface area contributed by atoms with Crippen molar-refractivity contribution in [2.45, 2.75) is 6.54 Å². The third-order valence-electron chi connectivity index (χ3n) is 5.11. The van der Waals surface area contributed by atoms with E-state index >= 15 is 0 Å². The molecule has 2 N–H and O–H groups in total. The molecule has 180 valence electrons. The second-order valence-corrected chi connectivity index (χ2v) is 7.68. The van der Waals surface area contributed by atoms with Crippen LogP contribution in [-0.2, 0) is 6.54 Å². The van der Waals surface area contributed by atoms with Crippen molar-refractivity contribution >= 4 is 34.9 Å². The van der Waals surface area contributed by atoms with Gasteiger partial charge >= 0.3 is 12.1 Å². The molecular formula is C27H22N4O5. The van der Waals surface area contributed by atoms with Crippen molar-refractivity contribution in [3.05, 3.63) is 125 Å². The van der Waals surface area contributed by atoms with Crippen LogP contribution in [0.25, 0.3) is 0 Å². The maximum Gasteiger partial charge on any atom is 0.417 e. The molecule has 3 amide bonds. The molecule has 0 aromatic heterocycles. The summed E-state index contributed by atoms with van der Waals surface area (Å²) in [4.78, 5) is 37.3. The minimum absolute atomic E-state index is 0.108. The van der Waals surface area contributed by atoms with Gasteiger partial charge in [-0.25, -0.2) is 9.59 Å². The average molecular weight is 482 g/mol. The fourth-order valence-electron chi connectivity index (χ4n) is 3.41. The molecule has 0 saturated heterocycles. The number of nitro groups is 1. The number of carbonyl (C=O) groups excluding carboxylic acids is 2. The minimum atomic E-state index is -0.776. The molecule has 0 radical (unpaired) electrons. The molecule has 0 heterocycles. The number of anilines is 3. The molecule has 0 aliphatic rings. The molecule has 4 aromatic carbocycles. The number of nitro benzene ring substituents is 1. The van der Waals surface area contributed by atoms with Crippen LogP contribution in [0.3, 0.4) is 0 Å². The summed E-state index contributed by atoms with van der Waals surface area (Å²) >= 11 is 0. The van der Waals surface area contributed by atoms with Gasteiger partial charge in [0.05, 0.1) is 11.5 Å². The number of hydrogen-bond donors (Lipinski definition) is 2. The SMILES string of the molecule is O=C(Nc1cccc(NC(=O)N(Cc2ccccc2)c2ccccc2)c1)Oc1ccc([N+](=O)[O-])cc1. The number of benzene rings is 4. The first-order valence-corrected chi connectivity index (χ1v) is 11.0. The zero-order valence-electron chi connectivity index (χ0n) is 19.0. The second-order valence-electron chi connectivity index (χ2n) is 7.68. The molecule has 9 nitrogen and oxygen atoms in total. The summed E-state index contributed by atoms with van der Waals surface area (Å²) in [5.41, 5.74) is 2.47. The number of non-ortho nitro benzene ring substituents is 1. The first-order chi connectivity index (χ1) is 17.5. The second kappa shape index (κ2) is 11.3. The summed E-state index contributed by atoms with van der Waals surface area (Å²) in [6, 6.07) is 30.4. The summed E-state index contributed by atoms with van der Waals surface area (Å²) in [6.45, 7) is 0.371. The molecule has 0 aliphatic carbocycles. The van der Waals surface area contributed by atoms with Gasteiger partial charge in [-0.1, -0.05) is 54.6 Å². The topological polar surface area (TPSA) is 114 Å². The van der Waals surface area contributed by atoms with Crippen molar-refractivity contribution in [2.24, 2.45) is 0 Å². The lowest BCUT2D eigenvalue weighted by molar-refractivity contribution is -0.384. The molecule has 36 heavy (non-hydrogen) atoms. The van der Waals surface area contributed by atoms with Crippen molar-refractivity contribution in [2.75, 3.05) is 15.5 Å². The smallest absolute Gasteiger partial charge is 0.410 e. The number of amides is 3. The summed E-state index contributed by atoms with van der Waals surface area (Å²) in [6.07, 6.45) is -0.776. The lowest BCUT2D eigenvalue weighted by Gasteiger charge is -2.23. The number of ether oxygens (including phenoxy) is 1. The van der Waals surface area contributed by atoms with Crippen molar-refractivity contribution in [1.82, 2.24) is 0 Å². The van der Waals surface area contributed by atoms with Crippen molar-refractivity contribution in [3.8, 4) is 5.75 Å². The van der Waals surface area contributed by atoms with Crippen molar-refractivity contribution in [1.29, 1.82) is 0 Å². The highest BCUT2D eigenvalue weighted by atomic mass is 16.6. The fraction of sp³-hybridized carbons (Fsp3) is 0.0370. The van der Waals surface area contributed by atoms with E-state index in [2.05, 4.69) is 10.6 Å². The van der Waals surface area contributed by atoms with Gasteiger partial charge < -0.3 is 10.1 Å². The predicted octanol–water partition coefficient (Wildman–Crippen LogP) is 6.44. The van der Waals surface area contributed by atoms with Crippen molar-refractivity contribution in [3.63, 3.8) is 0 Å². The zero-order chi connectivity index (χ0) is 25.3. The standard InChI is InChI=1S/C27H22N4O5/c32-26(30(23-12-5-2-6-13-23)19-20-8-3-1-4-9-20)28-21-10-7-11-22(18-21)29-27(33)36-25-16-14-24(15-17-25)31(34)35/h1-18H,19H2,(H,28,32)(H,29,33). The molecule has 0 saturated carbocycles.